The molecule has 0 aliphatic rings. The van der Waals surface area contributed by atoms with Crippen molar-refractivity contribution in [3.05, 3.63) is 132 Å². The van der Waals surface area contributed by atoms with E-state index in [4.69, 9.17) is 0 Å². The molecule has 0 aliphatic heterocycles. The summed E-state index contributed by atoms with van der Waals surface area (Å²) in [4.78, 5) is 29.2. The van der Waals surface area contributed by atoms with E-state index in [2.05, 4.69) is 5.32 Å². The molecule has 1 N–H and O–H groups in total. The maximum atomic E-state index is 14.3. The minimum Gasteiger partial charge on any atom is -0.354 e. The lowest BCUT2D eigenvalue weighted by atomic mass is 10.0. The molecule has 4 aromatic rings. The standard InChI is InChI=1S/C34H35F2N3O4S/c1-25(2)22-37-34(41)32(21-26-9-5-3-6-10-26)38(23-27-13-15-28(35)16-14-27)33(40)24-39(30-11-7-4-8-12-30)44(42,43)31-19-17-29(36)18-20-31/h3-20,25,32H,21-24H2,1-2H3,(H,37,41)/t32-/m1/s1. The van der Waals surface area contributed by atoms with Crippen LogP contribution in [0.25, 0.3) is 0 Å². The highest BCUT2D eigenvalue weighted by Gasteiger charge is 2.34. The molecule has 0 fully saturated rings. The Labute approximate surface area is 257 Å². The van der Waals surface area contributed by atoms with E-state index in [0.717, 1.165) is 34.1 Å². The van der Waals surface area contributed by atoms with Crippen LogP contribution in [0.15, 0.2) is 114 Å². The van der Waals surface area contributed by atoms with Gasteiger partial charge in [-0.1, -0.05) is 74.5 Å². The molecule has 44 heavy (non-hydrogen) atoms. The van der Waals surface area contributed by atoms with Crippen LogP contribution in [0.2, 0.25) is 0 Å². The van der Waals surface area contributed by atoms with Gasteiger partial charge in [0.25, 0.3) is 10.0 Å². The molecule has 2 amide bonds. The Hall–Kier alpha value is -4.57. The quantitative estimate of drug-likeness (QED) is 0.212. The van der Waals surface area contributed by atoms with Gasteiger partial charge in [-0.2, -0.15) is 0 Å². The molecule has 0 radical (unpaired) electrons. The number of nitrogens with zero attached hydrogens (tertiary/aromatic N) is 2. The van der Waals surface area contributed by atoms with Crippen molar-refractivity contribution < 1.29 is 26.8 Å². The third kappa shape index (κ3) is 8.50. The molecule has 4 aromatic carbocycles. The van der Waals surface area contributed by atoms with Gasteiger partial charge in [0.05, 0.1) is 10.6 Å². The number of carbonyl (C=O) groups excluding carboxylic acids is 2. The van der Waals surface area contributed by atoms with Crippen molar-refractivity contribution in [2.75, 3.05) is 17.4 Å². The fourth-order valence-electron chi connectivity index (χ4n) is 4.62. The molecular formula is C34H35F2N3O4S. The van der Waals surface area contributed by atoms with E-state index < -0.39 is 46.1 Å². The van der Waals surface area contributed by atoms with Gasteiger partial charge in [-0.25, -0.2) is 17.2 Å². The summed E-state index contributed by atoms with van der Waals surface area (Å²) in [5.41, 5.74) is 1.57. The number of benzene rings is 4. The normalized spacial score (nSPS) is 12.0. The van der Waals surface area contributed by atoms with Gasteiger partial charge in [-0.15, -0.1) is 0 Å². The molecule has 0 saturated carbocycles. The lowest BCUT2D eigenvalue weighted by Gasteiger charge is -2.34. The number of para-hydroxylation sites is 1. The summed E-state index contributed by atoms with van der Waals surface area (Å²) in [6, 6.07) is 26.2. The number of sulfonamides is 1. The highest BCUT2D eigenvalue weighted by molar-refractivity contribution is 7.92. The first-order chi connectivity index (χ1) is 21.0. The van der Waals surface area contributed by atoms with E-state index in [-0.39, 0.29) is 29.5 Å². The number of halogens is 2. The van der Waals surface area contributed by atoms with Crippen LogP contribution >= 0.6 is 0 Å². The molecule has 0 bridgehead atoms. The number of carbonyl (C=O) groups is 2. The maximum Gasteiger partial charge on any atom is 0.264 e. The van der Waals surface area contributed by atoms with E-state index in [1.165, 1.54) is 29.2 Å². The lowest BCUT2D eigenvalue weighted by molar-refractivity contribution is -0.140. The monoisotopic (exact) mass is 619 g/mol. The van der Waals surface area contributed by atoms with Crippen LogP contribution in [-0.2, 0) is 32.6 Å². The Morgan fingerprint density at radius 1 is 0.750 bits per heavy atom. The predicted molar refractivity (Wildman–Crippen MR) is 166 cm³/mol. The Kier molecular flexibility index (Phi) is 10.8. The second-order valence-electron chi connectivity index (χ2n) is 10.8. The molecule has 0 unspecified atom stereocenters. The van der Waals surface area contributed by atoms with Crippen molar-refractivity contribution in [2.45, 2.75) is 37.8 Å². The molecule has 4 rings (SSSR count). The van der Waals surface area contributed by atoms with Crippen molar-refractivity contribution >= 4 is 27.5 Å². The zero-order chi connectivity index (χ0) is 31.7. The predicted octanol–water partition coefficient (Wildman–Crippen LogP) is 5.57. The summed E-state index contributed by atoms with van der Waals surface area (Å²) in [7, 11) is -4.34. The average Bonchev–Trinajstić information content (AvgIpc) is 3.02. The van der Waals surface area contributed by atoms with Crippen LogP contribution < -0.4 is 9.62 Å². The van der Waals surface area contributed by atoms with Crippen LogP contribution in [0.5, 0.6) is 0 Å². The van der Waals surface area contributed by atoms with Crippen molar-refractivity contribution in [3.8, 4) is 0 Å². The summed E-state index contributed by atoms with van der Waals surface area (Å²) < 4.78 is 56.2. The molecular weight excluding hydrogens is 584 g/mol. The first-order valence-corrected chi connectivity index (χ1v) is 15.7. The summed E-state index contributed by atoms with van der Waals surface area (Å²) in [5.74, 6) is -1.96. The first-order valence-electron chi connectivity index (χ1n) is 14.2. The Morgan fingerprint density at radius 2 is 1.30 bits per heavy atom. The van der Waals surface area contributed by atoms with Gasteiger partial charge in [0, 0.05) is 19.5 Å². The van der Waals surface area contributed by atoms with Gasteiger partial charge in [0.1, 0.15) is 24.2 Å². The van der Waals surface area contributed by atoms with E-state index >= 15 is 0 Å². The molecule has 1 atom stereocenters. The van der Waals surface area contributed by atoms with Gasteiger partial charge in [-0.3, -0.25) is 13.9 Å². The zero-order valence-electron chi connectivity index (χ0n) is 24.6. The molecule has 230 valence electrons. The second kappa shape index (κ2) is 14.7. The van der Waals surface area contributed by atoms with E-state index in [1.54, 1.807) is 30.3 Å². The van der Waals surface area contributed by atoms with Crippen LogP contribution in [0.4, 0.5) is 14.5 Å². The number of nitrogens with one attached hydrogen (secondary N) is 1. The van der Waals surface area contributed by atoms with Gasteiger partial charge in [0.15, 0.2) is 0 Å². The van der Waals surface area contributed by atoms with E-state index in [9.17, 15) is 26.8 Å². The van der Waals surface area contributed by atoms with Crippen molar-refractivity contribution in [1.82, 2.24) is 10.2 Å². The van der Waals surface area contributed by atoms with Gasteiger partial charge in [0.2, 0.25) is 11.8 Å². The van der Waals surface area contributed by atoms with Crippen LogP contribution in [-0.4, -0.2) is 44.3 Å². The largest absolute Gasteiger partial charge is 0.354 e. The molecule has 0 heterocycles. The molecule has 0 saturated heterocycles. The summed E-state index contributed by atoms with van der Waals surface area (Å²) in [6.45, 7) is 3.55. The number of hydrogen-bond acceptors (Lipinski definition) is 4. The van der Waals surface area contributed by atoms with Crippen LogP contribution in [0.3, 0.4) is 0 Å². The van der Waals surface area contributed by atoms with Crippen molar-refractivity contribution in [1.29, 1.82) is 0 Å². The first kappa shape index (κ1) is 32.3. The van der Waals surface area contributed by atoms with Crippen molar-refractivity contribution in [2.24, 2.45) is 5.92 Å². The van der Waals surface area contributed by atoms with Gasteiger partial charge in [-0.05, 0) is 65.6 Å². The maximum absolute atomic E-state index is 14.3. The second-order valence-corrected chi connectivity index (χ2v) is 12.7. The molecule has 7 nitrogen and oxygen atoms in total. The summed E-state index contributed by atoms with van der Waals surface area (Å²) >= 11 is 0. The molecule has 0 aliphatic carbocycles. The summed E-state index contributed by atoms with van der Waals surface area (Å²) in [6.07, 6.45) is 0.160. The smallest absolute Gasteiger partial charge is 0.264 e. The van der Waals surface area contributed by atoms with Gasteiger partial charge >= 0.3 is 0 Å². The fraction of sp³-hybridized carbons (Fsp3) is 0.235. The third-order valence-corrected chi connectivity index (χ3v) is 8.73. The third-order valence-electron chi connectivity index (χ3n) is 6.95. The number of hydrogen-bond donors (Lipinski definition) is 1. The minimum atomic E-state index is -4.34. The fourth-order valence-corrected chi connectivity index (χ4v) is 6.03. The van der Waals surface area contributed by atoms with Gasteiger partial charge < -0.3 is 10.2 Å². The van der Waals surface area contributed by atoms with E-state index in [0.29, 0.717) is 12.1 Å². The Morgan fingerprint density at radius 3 is 1.86 bits per heavy atom. The Balaban J connectivity index is 1.77. The topological polar surface area (TPSA) is 86.8 Å². The number of amides is 2. The van der Waals surface area contributed by atoms with Crippen molar-refractivity contribution in [3.63, 3.8) is 0 Å². The van der Waals surface area contributed by atoms with E-state index in [1.807, 2.05) is 44.2 Å². The molecule has 0 aromatic heterocycles. The minimum absolute atomic E-state index is 0.0784. The zero-order valence-corrected chi connectivity index (χ0v) is 25.4. The highest BCUT2D eigenvalue weighted by Crippen LogP contribution is 2.25. The lowest BCUT2D eigenvalue weighted by Crippen LogP contribution is -2.53. The highest BCUT2D eigenvalue weighted by atomic mass is 32.2. The van der Waals surface area contributed by atoms with Crippen LogP contribution in [0.1, 0.15) is 25.0 Å². The molecule has 10 heteroatoms. The average molecular weight is 620 g/mol. The Bertz CT molecular complexity index is 1630. The summed E-state index contributed by atoms with van der Waals surface area (Å²) in [5, 5.41) is 2.92. The number of rotatable bonds is 13. The number of anilines is 1. The SMILES string of the molecule is CC(C)CNC(=O)[C@@H](Cc1ccccc1)N(Cc1ccc(F)cc1)C(=O)CN(c1ccccc1)S(=O)(=O)c1ccc(F)cc1. The van der Waals surface area contributed by atoms with Crippen LogP contribution in [0, 0.1) is 17.6 Å². The molecule has 0 spiro atoms.